The van der Waals surface area contributed by atoms with E-state index in [0.717, 1.165) is 16.9 Å². The first kappa shape index (κ1) is 23.3. The third-order valence-corrected chi connectivity index (χ3v) is 4.81. The second-order valence-corrected chi connectivity index (χ2v) is 6.93. The van der Waals surface area contributed by atoms with Crippen LogP contribution in [0.25, 0.3) is 0 Å². The molecule has 3 aromatic rings. The summed E-state index contributed by atoms with van der Waals surface area (Å²) in [5, 5.41) is 13.4. The molecular formula is C25H24N2O6. The lowest BCUT2D eigenvalue weighted by Gasteiger charge is -2.24. The predicted molar refractivity (Wildman–Crippen MR) is 124 cm³/mol. The van der Waals surface area contributed by atoms with Gasteiger partial charge in [-0.05, 0) is 59.7 Å². The lowest BCUT2D eigenvalue weighted by Crippen LogP contribution is -2.34. The van der Waals surface area contributed by atoms with E-state index >= 15 is 0 Å². The van der Waals surface area contributed by atoms with Gasteiger partial charge in [-0.15, -0.1) is 0 Å². The summed E-state index contributed by atoms with van der Waals surface area (Å²) in [6, 6.07) is 20.7. The second-order valence-electron chi connectivity index (χ2n) is 6.93. The molecule has 0 radical (unpaired) electrons. The largest absolute Gasteiger partial charge is 0.497 e. The molecule has 1 amide bonds. The Bertz CT molecular complexity index is 1110. The van der Waals surface area contributed by atoms with Crippen LogP contribution in [0, 0.1) is 0 Å². The third-order valence-electron chi connectivity index (χ3n) is 4.81. The molecule has 3 rings (SSSR count). The number of carbonyl (C=O) groups excluding carboxylic acids is 1. The van der Waals surface area contributed by atoms with E-state index in [1.165, 1.54) is 17.2 Å². The minimum atomic E-state index is -1.13. The van der Waals surface area contributed by atoms with Crippen LogP contribution >= 0.6 is 0 Å². The maximum absolute atomic E-state index is 13.0. The molecular weight excluding hydrogens is 424 g/mol. The molecule has 0 heterocycles. The molecule has 0 saturated heterocycles. The number of hydrogen-bond acceptors (Lipinski definition) is 6. The Morgan fingerprint density at radius 2 is 1.52 bits per heavy atom. The monoisotopic (exact) mass is 448 g/mol. The van der Waals surface area contributed by atoms with E-state index in [0.29, 0.717) is 5.75 Å². The summed E-state index contributed by atoms with van der Waals surface area (Å²) < 4.78 is 10.3. The summed E-state index contributed by atoms with van der Waals surface area (Å²) in [6.07, 6.45) is 1.48. The Hall–Kier alpha value is -4.33. The van der Waals surface area contributed by atoms with Crippen LogP contribution in [-0.4, -0.2) is 44.0 Å². The van der Waals surface area contributed by atoms with Gasteiger partial charge in [-0.2, -0.15) is 0 Å². The van der Waals surface area contributed by atoms with E-state index in [4.69, 9.17) is 14.3 Å². The fourth-order valence-corrected chi connectivity index (χ4v) is 3.07. The number of carboxylic acid groups (broad SMARTS) is 1. The van der Waals surface area contributed by atoms with Gasteiger partial charge < -0.3 is 24.3 Å². The number of para-hydroxylation sites is 1. The molecule has 0 saturated carbocycles. The number of carbonyl (C=O) groups is 2. The van der Waals surface area contributed by atoms with Gasteiger partial charge in [0.05, 0.1) is 38.2 Å². The summed E-state index contributed by atoms with van der Waals surface area (Å²) in [5.41, 5.74) is 1.86. The molecule has 0 aliphatic rings. The fraction of sp³-hybridized carbons (Fsp3) is 0.160. The molecule has 170 valence electrons. The molecule has 8 nitrogen and oxygen atoms in total. The highest BCUT2D eigenvalue weighted by Crippen LogP contribution is 2.24. The van der Waals surface area contributed by atoms with Gasteiger partial charge in [0, 0.05) is 0 Å². The highest BCUT2D eigenvalue weighted by molar-refractivity contribution is 6.02. The molecule has 0 atom stereocenters. The number of anilines is 1. The minimum Gasteiger partial charge on any atom is -0.497 e. The summed E-state index contributed by atoms with van der Waals surface area (Å²) in [6.45, 7) is -0.213. The molecule has 0 aromatic heterocycles. The zero-order chi connectivity index (χ0) is 23.6. The molecule has 0 bridgehead atoms. The molecule has 0 spiro atoms. The Morgan fingerprint density at radius 3 is 2.12 bits per heavy atom. The first-order valence-corrected chi connectivity index (χ1v) is 10.1. The average Bonchev–Trinajstić information content (AvgIpc) is 2.85. The summed E-state index contributed by atoms with van der Waals surface area (Å²) >= 11 is 0. The lowest BCUT2D eigenvalue weighted by molar-refractivity contribution is -0.123. The molecule has 0 fully saturated rings. The fourth-order valence-electron chi connectivity index (χ4n) is 3.07. The minimum absolute atomic E-state index is 0.0149. The SMILES string of the molecule is COc1ccc(/C=N/OCC(=O)N(Cc2ccc(OC)cc2)c2ccccc2C(=O)O)cc1. The van der Waals surface area contributed by atoms with Gasteiger partial charge in [0.2, 0.25) is 0 Å². The number of aromatic carboxylic acids is 1. The Morgan fingerprint density at radius 1 is 0.909 bits per heavy atom. The van der Waals surface area contributed by atoms with Gasteiger partial charge in [-0.1, -0.05) is 29.4 Å². The number of amides is 1. The van der Waals surface area contributed by atoms with E-state index in [-0.39, 0.29) is 24.4 Å². The molecule has 8 heteroatoms. The molecule has 0 aliphatic heterocycles. The topological polar surface area (TPSA) is 97.7 Å². The zero-order valence-electron chi connectivity index (χ0n) is 18.3. The van der Waals surface area contributed by atoms with Gasteiger partial charge in [0.25, 0.3) is 5.91 Å². The van der Waals surface area contributed by atoms with Crippen molar-refractivity contribution in [1.82, 2.24) is 0 Å². The van der Waals surface area contributed by atoms with Crippen LogP contribution in [0.4, 0.5) is 5.69 Å². The van der Waals surface area contributed by atoms with E-state index in [9.17, 15) is 14.7 Å². The lowest BCUT2D eigenvalue weighted by atomic mass is 10.1. The smallest absolute Gasteiger partial charge is 0.337 e. The second kappa shape index (κ2) is 11.3. The van der Waals surface area contributed by atoms with Gasteiger partial charge in [0.1, 0.15) is 11.5 Å². The molecule has 33 heavy (non-hydrogen) atoms. The van der Waals surface area contributed by atoms with Crippen LogP contribution in [0.5, 0.6) is 11.5 Å². The number of methoxy groups -OCH3 is 2. The van der Waals surface area contributed by atoms with Crippen LogP contribution in [0.1, 0.15) is 21.5 Å². The number of nitrogens with zero attached hydrogens (tertiary/aromatic N) is 2. The number of benzene rings is 3. The van der Waals surface area contributed by atoms with Crippen molar-refractivity contribution < 1.29 is 29.0 Å². The molecule has 1 N–H and O–H groups in total. The molecule has 0 aliphatic carbocycles. The Labute approximate surface area is 191 Å². The summed E-state index contributed by atoms with van der Waals surface area (Å²) in [7, 11) is 3.15. The van der Waals surface area contributed by atoms with Crippen LogP contribution in [0.2, 0.25) is 0 Å². The Balaban J connectivity index is 1.76. The number of hydrogen-bond donors (Lipinski definition) is 1. The standard InChI is InChI=1S/C25H24N2O6/c1-31-20-11-7-18(8-12-20)15-26-33-17-24(28)27(16-19-9-13-21(32-2)14-10-19)23-6-4-3-5-22(23)25(29)30/h3-15H,16-17H2,1-2H3,(H,29,30)/b26-15+. The number of oxime groups is 1. The number of carboxylic acids is 1. The van der Waals surface area contributed by atoms with Crippen molar-refractivity contribution >= 4 is 23.8 Å². The van der Waals surface area contributed by atoms with Gasteiger partial charge in [-0.25, -0.2) is 4.79 Å². The van der Waals surface area contributed by atoms with E-state index in [2.05, 4.69) is 5.16 Å². The van der Waals surface area contributed by atoms with Crippen LogP contribution in [0.3, 0.4) is 0 Å². The maximum Gasteiger partial charge on any atom is 0.337 e. The highest BCUT2D eigenvalue weighted by Gasteiger charge is 2.22. The van der Waals surface area contributed by atoms with Crippen molar-refractivity contribution in [3.05, 3.63) is 89.5 Å². The van der Waals surface area contributed by atoms with Gasteiger partial charge in [0.15, 0.2) is 6.61 Å². The zero-order valence-corrected chi connectivity index (χ0v) is 18.3. The van der Waals surface area contributed by atoms with E-state index in [1.54, 1.807) is 68.8 Å². The van der Waals surface area contributed by atoms with Crippen molar-refractivity contribution in [2.75, 3.05) is 25.7 Å². The molecule has 0 unspecified atom stereocenters. The average molecular weight is 448 g/mol. The summed E-state index contributed by atoms with van der Waals surface area (Å²) in [4.78, 5) is 31.3. The quantitative estimate of drug-likeness (QED) is 0.372. The first-order chi connectivity index (χ1) is 16.0. The number of rotatable bonds is 10. The van der Waals surface area contributed by atoms with Crippen molar-refractivity contribution in [2.24, 2.45) is 5.16 Å². The third kappa shape index (κ3) is 6.33. The van der Waals surface area contributed by atoms with Crippen molar-refractivity contribution in [1.29, 1.82) is 0 Å². The maximum atomic E-state index is 13.0. The van der Waals surface area contributed by atoms with E-state index in [1.807, 2.05) is 12.1 Å². The Kier molecular flexibility index (Phi) is 8.02. The first-order valence-electron chi connectivity index (χ1n) is 10.1. The van der Waals surface area contributed by atoms with Crippen LogP contribution in [-0.2, 0) is 16.2 Å². The van der Waals surface area contributed by atoms with Crippen LogP contribution < -0.4 is 14.4 Å². The van der Waals surface area contributed by atoms with Crippen molar-refractivity contribution in [2.45, 2.75) is 6.54 Å². The predicted octanol–water partition coefficient (Wildman–Crippen LogP) is 3.99. The van der Waals surface area contributed by atoms with Crippen molar-refractivity contribution in [3.63, 3.8) is 0 Å². The molecule has 3 aromatic carbocycles. The van der Waals surface area contributed by atoms with Gasteiger partial charge >= 0.3 is 5.97 Å². The highest BCUT2D eigenvalue weighted by atomic mass is 16.6. The normalized spacial score (nSPS) is 10.6. The number of ether oxygens (including phenoxy) is 2. The van der Waals surface area contributed by atoms with Crippen LogP contribution in [0.15, 0.2) is 78.0 Å². The van der Waals surface area contributed by atoms with Gasteiger partial charge in [-0.3, -0.25) is 4.79 Å². The summed E-state index contributed by atoms with van der Waals surface area (Å²) in [5.74, 6) is -0.170. The van der Waals surface area contributed by atoms with E-state index < -0.39 is 11.9 Å². The van der Waals surface area contributed by atoms with Crippen molar-refractivity contribution in [3.8, 4) is 11.5 Å².